The number of rotatable bonds is 7. The highest BCUT2D eigenvalue weighted by Crippen LogP contribution is 2.15. The van der Waals surface area contributed by atoms with Crippen molar-refractivity contribution in [2.75, 3.05) is 19.7 Å². The standard InChI is InChI=1S/C13H20N2O5S/c1-4-20-13(17)9-15(8-10(2)3)21(18,19)11-5-6-12(16)14-7-11/h5-7,10H,4,8-9H2,1-3H3,(H,14,16). The number of nitrogens with one attached hydrogen (secondary N) is 1. The summed E-state index contributed by atoms with van der Waals surface area (Å²) >= 11 is 0. The van der Waals surface area contributed by atoms with Crippen LogP contribution in [0.25, 0.3) is 0 Å². The van der Waals surface area contributed by atoms with E-state index in [9.17, 15) is 18.0 Å². The van der Waals surface area contributed by atoms with E-state index in [4.69, 9.17) is 4.74 Å². The smallest absolute Gasteiger partial charge is 0.321 e. The van der Waals surface area contributed by atoms with E-state index < -0.39 is 21.6 Å². The maximum Gasteiger partial charge on any atom is 0.321 e. The van der Waals surface area contributed by atoms with E-state index in [2.05, 4.69) is 4.98 Å². The van der Waals surface area contributed by atoms with E-state index in [1.54, 1.807) is 6.92 Å². The third kappa shape index (κ3) is 4.98. The fourth-order valence-electron chi connectivity index (χ4n) is 1.71. The van der Waals surface area contributed by atoms with Gasteiger partial charge in [0.05, 0.1) is 11.5 Å². The Labute approximate surface area is 124 Å². The number of carbonyl (C=O) groups is 1. The van der Waals surface area contributed by atoms with Crippen molar-refractivity contribution in [3.8, 4) is 0 Å². The number of hydrogen-bond acceptors (Lipinski definition) is 5. The topological polar surface area (TPSA) is 96.5 Å². The van der Waals surface area contributed by atoms with E-state index in [1.165, 1.54) is 6.07 Å². The molecule has 0 aliphatic carbocycles. The molecule has 0 atom stereocenters. The molecule has 7 nitrogen and oxygen atoms in total. The monoisotopic (exact) mass is 316 g/mol. The van der Waals surface area contributed by atoms with Crippen LogP contribution in [-0.4, -0.2) is 43.4 Å². The molecule has 1 heterocycles. The number of hydrogen-bond donors (Lipinski definition) is 1. The van der Waals surface area contributed by atoms with Gasteiger partial charge in [-0.1, -0.05) is 13.8 Å². The van der Waals surface area contributed by atoms with Crippen LogP contribution in [0.4, 0.5) is 0 Å². The van der Waals surface area contributed by atoms with Crippen LogP contribution in [0.15, 0.2) is 28.0 Å². The Morgan fingerprint density at radius 2 is 2.05 bits per heavy atom. The predicted molar refractivity (Wildman–Crippen MR) is 77.3 cm³/mol. The highest BCUT2D eigenvalue weighted by atomic mass is 32.2. The predicted octanol–water partition coefficient (Wildman–Crippen LogP) is 0.585. The molecule has 0 amide bonds. The summed E-state index contributed by atoms with van der Waals surface area (Å²) in [6, 6.07) is 2.34. The molecular weight excluding hydrogens is 296 g/mol. The Balaban J connectivity index is 3.07. The molecule has 1 N–H and O–H groups in total. The Kier molecular flexibility index (Phi) is 6.10. The lowest BCUT2D eigenvalue weighted by Gasteiger charge is -2.22. The van der Waals surface area contributed by atoms with Crippen molar-refractivity contribution in [3.05, 3.63) is 28.7 Å². The normalized spacial score (nSPS) is 11.9. The fraction of sp³-hybridized carbons (Fsp3) is 0.538. The van der Waals surface area contributed by atoms with Gasteiger partial charge in [0.2, 0.25) is 15.6 Å². The molecule has 0 spiro atoms. The molecular formula is C13H20N2O5S. The summed E-state index contributed by atoms with van der Waals surface area (Å²) < 4.78 is 30.9. The van der Waals surface area contributed by atoms with Crippen LogP contribution in [0.3, 0.4) is 0 Å². The Morgan fingerprint density at radius 1 is 1.38 bits per heavy atom. The minimum atomic E-state index is -3.86. The zero-order valence-corrected chi connectivity index (χ0v) is 13.1. The highest BCUT2D eigenvalue weighted by Gasteiger charge is 2.27. The van der Waals surface area contributed by atoms with Crippen molar-refractivity contribution >= 4 is 16.0 Å². The number of aromatic nitrogens is 1. The Bertz CT molecular complexity index is 616. The second-order valence-electron chi connectivity index (χ2n) is 4.89. The Hall–Kier alpha value is -1.67. The summed E-state index contributed by atoms with van der Waals surface area (Å²) in [7, 11) is -3.86. The molecule has 118 valence electrons. The zero-order chi connectivity index (χ0) is 16.0. The first kappa shape index (κ1) is 17.4. The lowest BCUT2D eigenvalue weighted by atomic mass is 10.2. The highest BCUT2D eigenvalue weighted by molar-refractivity contribution is 7.89. The molecule has 0 radical (unpaired) electrons. The second-order valence-corrected chi connectivity index (χ2v) is 6.82. The van der Waals surface area contributed by atoms with Gasteiger partial charge in [0, 0.05) is 18.8 Å². The van der Waals surface area contributed by atoms with E-state index in [-0.39, 0.29) is 30.5 Å². The van der Waals surface area contributed by atoms with Gasteiger partial charge < -0.3 is 9.72 Å². The third-order valence-electron chi connectivity index (χ3n) is 2.57. The molecule has 21 heavy (non-hydrogen) atoms. The van der Waals surface area contributed by atoms with Crippen LogP contribution in [0.5, 0.6) is 0 Å². The van der Waals surface area contributed by atoms with Crippen LogP contribution in [-0.2, 0) is 19.6 Å². The molecule has 0 aliphatic rings. The van der Waals surface area contributed by atoms with Gasteiger partial charge >= 0.3 is 5.97 Å². The van der Waals surface area contributed by atoms with Crippen LogP contribution in [0.1, 0.15) is 20.8 Å². The minimum absolute atomic E-state index is 0.0389. The van der Waals surface area contributed by atoms with Crippen LogP contribution >= 0.6 is 0 Å². The number of nitrogens with zero attached hydrogens (tertiary/aromatic N) is 1. The summed E-state index contributed by atoms with van der Waals surface area (Å²) in [4.78, 5) is 24.9. The second kappa shape index (κ2) is 7.37. The van der Waals surface area contributed by atoms with Gasteiger partial charge in [0.1, 0.15) is 6.54 Å². The number of esters is 1. The zero-order valence-electron chi connectivity index (χ0n) is 12.3. The van der Waals surface area contributed by atoms with Crippen LogP contribution < -0.4 is 5.56 Å². The first-order valence-corrected chi connectivity index (χ1v) is 8.06. The summed E-state index contributed by atoms with van der Waals surface area (Å²) in [5, 5.41) is 0. The van der Waals surface area contributed by atoms with Crippen molar-refractivity contribution in [2.24, 2.45) is 5.92 Å². The maximum absolute atomic E-state index is 12.5. The maximum atomic E-state index is 12.5. The number of aromatic amines is 1. The summed E-state index contributed by atoms with van der Waals surface area (Å²) in [6.07, 6.45) is 1.12. The van der Waals surface area contributed by atoms with Gasteiger partial charge in [0.15, 0.2) is 0 Å². The molecule has 1 rings (SSSR count). The lowest BCUT2D eigenvalue weighted by molar-refractivity contribution is -0.143. The number of pyridine rings is 1. The van der Waals surface area contributed by atoms with Crippen molar-refractivity contribution in [2.45, 2.75) is 25.7 Å². The van der Waals surface area contributed by atoms with Crippen molar-refractivity contribution < 1.29 is 17.9 Å². The van der Waals surface area contributed by atoms with Crippen LogP contribution in [0.2, 0.25) is 0 Å². The molecule has 1 aromatic heterocycles. The third-order valence-corrected chi connectivity index (χ3v) is 4.38. The van der Waals surface area contributed by atoms with Crippen molar-refractivity contribution in [1.29, 1.82) is 0 Å². The van der Waals surface area contributed by atoms with Gasteiger partial charge in [-0.2, -0.15) is 4.31 Å². The van der Waals surface area contributed by atoms with Crippen molar-refractivity contribution in [3.63, 3.8) is 0 Å². The molecule has 0 saturated heterocycles. The summed E-state index contributed by atoms with van der Waals surface area (Å²) in [6.45, 7) is 5.36. The Morgan fingerprint density at radius 3 is 2.52 bits per heavy atom. The molecule has 0 fully saturated rings. The first-order chi connectivity index (χ1) is 9.77. The SMILES string of the molecule is CCOC(=O)CN(CC(C)C)S(=O)(=O)c1ccc(=O)[nH]c1. The van der Waals surface area contributed by atoms with Gasteiger partial charge in [0.25, 0.3) is 0 Å². The van der Waals surface area contributed by atoms with Gasteiger partial charge in [-0.05, 0) is 18.9 Å². The molecule has 0 aromatic carbocycles. The molecule has 0 aliphatic heterocycles. The molecule has 1 aromatic rings. The van der Waals surface area contributed by atoms with Crippen molar-refractivity contribution in [1.82, 2.24) is 9.29 Å². The minimum Gasteiger partial charge on any atom is -0.465 e. The average molecular weight is 316 g/mol. The number of H-pyrrole nitrogens is 1. The number of ether oxygens (including phenoxy) is 1. The number of carbonyl (C=O) groups excluding carboxylic acids is 1. The van der Waals surface area contributed by atoms with Gasteiger partial charge in [-0.3, -0.25) is 9.59 Å². The molecule has 0 unspecified atom stereocenters. The number of sulfonamides is 1. The molecule has 8 heteroatoms. The summed E-state index contributed by atoms with van der Waals surface area (Å²) in [5.41, 5.74) is -0.394. The van der Waals surface area contributed by atoms with E-state index in [0.717, 1.165) is 16.6 Å². The van der Waals surface area contributed by atoms with Gasteiger partial charge in [-0.25, -0.2) is 8.42 Å². The quantitative estimate of drug-likeness (QED) is 0.742. The molecule has 0 saturated carbocycles. The van der Waals surface area contributed by atoms with E-state index >= 15 is 0 Å². The molecule has 0 bridgehead atoms. The largest absolute Gasteiger partial charge is 0.465 e. The average Bonchev–Trinajstić information content (AvgIpc) is 2.38. The van der Waals surface area contributed by atoms with E-state index in [0.29, 0.717) is 0 Å². The van der Waals surface area contributed by atoms with Crippen LogP contribution in [0, 0.1) is 5.92 Å². The van der Waals surface area contributed by atoms with E-state index in [1.807, 2.05) is 13.8 Å². The van der Waals surface area contributed by atoms with Gasteiger partial charge in [-0.15, -0.1) is 0 Å². The first-order valence-electron chi connectivity index (χ1n) is 6.62. The summed E-state index contributed by atoms with van der Waals surface area (Å²) in [5.74, 6) is -0.567. The fourth-order valence-corrected chi connectivity index (χ4v) is 3.23. The lowest BCUT2D eigenvalue weighted by Crippen LogP contribution is -2.39.